The third-order valence-corrected chi connectivity index (χ3v) is 2.56. The van der Waals surface area contributed by atoms with Crippen LogP contribution >= 0.6 is 0 Å². The maximum atomic E-state index is 11.3. The van der Waals surface area contributed by atoms with Crippen LogP contribution in [0.25, 0.3) is 0 Å². The minimum atomic E-state index is -0.736. The van der Waals surface area contributed by atoms with E-state index in [-0.39, 0.29) is 24.4 Å². The van der Waals surface area contributed by atoms with Gasteiger partial charge in [-0.1, -0.05) is 29.8 Å². The van der Waals surface area contributed by atoms with Crippen LogP contribution < -0.4 is 0 Å². The second kappa shape index (κ2) is 4.41. The van der Waals surface area contributed by atoms with Crippen LogP contribution in [0.15, 0.2) is 35.6 Å². The minimum absolute atomic E-state index is 0.165. The second-order valence-corrected chi connectivity index (χ2v) is 3.99. The van der Waals surface area contributed by atoms with Gasteiger partial charge in [0, 0.05) is 6.42 Å². The van der Waals surface area contributed by atoms with E-state index < -0.39 is 11.8 Å². The Hall–Kier alpha value is -2.10. The maximum absolute atomic E-state index is 11.3. The number of rotatable bonds is 2. The zero-order valence-corrected chi connectivity index (χ0v) is 9.40. The lowest BCUT2D eigenvalue weighted by molar-refractivity contribution is -0.135. The monoisotopic (exact) mass is 232 g/mol. The van der Waals surface area contributed by atoms with Gasteiger partial charge >= 0.3 is 5.97 Å². The predicted molar refractivity (Wildman–Crippen MR) is 60.5 cm³/mol. The molecule has 0 unspecified atom stereocenters. The Bertz CT molecular complexity index is 496. The Balaban J connectivity index is 2.27. The zero-order valence-electron chi connectivity index (χ0n) is 9.40. The Morgan fingerprint density at radius 3 is 2.76 bits per heavy atom. The van der Waals surface area contributed by atoms with Crippen molar-refractivity contribution >= 4 is 11.8 Å². The smallest absolute Gasteiger partial charge is 0.345 e. The molecule has 1 aromatic carbocycles. The first kappa shape index (κ1) is 11.4. The fourth-order valence-corrected chi connectivity index (χ4v) is 1.77. The molecule has 0 saturated carbocycles. The third kappa shape index (κ3) is 2.36. The molecule has 4 nitrogen and oxygen atoms in total. The molecular weight excluding hydrogens is 220 g/mol. The summed E-state index contributed by atoms with van der Waals surface area (Å²) in [5.41, 5.74) is 1.69. The Morgan fingerprint density at radius 2 is 2.18 bits per heavy atom. The van der Waals surface area contributed by atoms with Gasteiger partial charge in [0.2, 0.25) is 5.78 Å². The largest absolute Gasteiger partial charge is 0.511 e. The van der Waals surface area contributed by atoms with Gasteiger partial charge in [0.25, 0.3) is 0 Å². The molecule has 0 atom stereocenters. The van der Waals surface area contributed by atoms with E-state index in [4.69, 9.17) is 0 Å². The van der Waals surface area contributed by atoms with Gasteiger partial charge in [-0.2, -0.15) is 0 Å². The zero-order chi connectivity index (χ0) is 12.4. The Morgan fingerprint density at radius 1 is 1.41 bits per heavy atom. The molecule has 1 aliphatic heterocycles. The molecule has 88 valence electrons. The van der Waals surface area contributed by atoms with Crippen LogP contribution in [0.1, 0.15) is 11.1 Å². The standard InChI is InChI=1S/C13H12O4/c1-8-3-2-4-9(5-8)6-10(14)12-11(15)7-17-13(12)16/h2-5,14H,6-7H2,1H3/b12-10+. The van der Waals surface area contributed by atoms with Gasteiger partial charge in [-0.25, -0.2) is 4.79 Å². The van der Waals surface area contributed by atoms with Crippen molar-refractivity contribution in [1.82, 2.24) is 0 Å². The highest BCUT2D eigenvalue weighted by molar-refractivity contribution is 6.22. The van der Waals surface area contributed by atoms with Crippen LogP contribution in [0.2, 0.25) is 0 Å². The van der Waals surface area contributed by atoms with Gasteiger partial charge in [0.15, 0.2) is 6.61 Å². The van der Waals surface area contributed by atoms with E-state index in [1.165, 1.54) is 0 Å². The summed E-state index contributed by atoms with van der Waals surface area (Å²) in [7, 11) is 0. The lowest BCUT2D eigenvalue weighted by atomic mass is 10.0. The van der Waals surface area contributed by atoms with Gasteiger partial charge in [-0.3, -0.25) is 4.79 Å². The average molecular weight is 232 g/mol. The number of hydrogen-bond acceptors (Lipinski definition) is 4. The number of Topliss-reactive ketones (excluding diaryl/α,β-unsaturated/α-hetero) is 1. The molecule has 0 aliphatic carbocycles. The molecular formula is C13H12O4. The summed E-state index contributed by atoms with van der Waals surface area (Å²) in [6, 6.07) is 7.51. The summed E-state index contributed by atoms with van der Waals surface area (Å²) in [5, 5.41) is 9.79. The maximum Gasteiger partial charge on any atom is 0.345 e. The summed E-state index contributed by atoms with van der Waals surface area (Å²) < 4.78 is 4.55. The van der Waals surface area contributed by atoms with E-state index in [2.05, 4.69) is 4.74 Å². The van der Waals surface area contributed by atoms with E-state index in [1.807, 2.05) is 31.2 Å². The van der Waals surface area contributed by atoms with Crippen LogP contribution in [0, 0.1) is 6.92 Å². The number of hydrogen-bond donors (Lipinski definition) is 1. The molecule has 2 rings (SSSR count). The SMILES string of the molecule is Cc1cccc(C/C(O)=C2/C(=O)COC2=O)c1. The number of ether oxygens (including phenoxy) is 1. The first-order valence-electron chi connectivity index (χ1n) is 5.26. The van der Waals surface area contributed by atoms with Crippen LogP contribution in [0.3, 0.4) is 0 Å². The number of ketones is 1. The second-order valence-electron chi connectivity index (χ2n) is 3.99. The predicted octanol–water partition coefficient (Wildman–Crippen LogP) is 1.48. The van der Waals surface area contributed by atoms with Crippen LogP contribution in [0.5, 0.6) is 0 Å². The van der Waals surface area contributed by atoms with Crippen molar-refractivity contribution in [1.29, 1.82) is 0 Å². The lowest BCUT2D eigenvalue weighted by Gasteiger charge is -2.03. The highest BCUT2D eigenvalue weighted by Gasteiger charge is 2.31. The van der Waals surface area contributed by atoms with E-state index >= 15 is 0 Å². The van der Waals surface area contributed by atoms with Crippen molar-refractivity contribution in [3.8, 4) is 0 Å². The van der Waals surface area contributed by atoms with E-state index in [9.17, 15) is 14.7 Å². The highest BCUT2D eigenvalue weighted by atomic mass is 16.5. The van der Waals surface area contributed by atoms with E-state index in [1.54, 1.807) is 0 Å². The number of aliphatic hydroxyl groups is 1. The molecule has 1 saturated heterocycles. The first-order valence-corrected chi connectivity index (χ1v) is 5.26. The summed E-state index contributed by atoms with van der Waals surface area (Å²) in [4.78, 5) is 22.5. The molecule has 1 N–H and O–H groups in total. The Labute approximate surface area is 98.5 Å². The van der Waals surface area contributed by atoms with Crippen molar-refractivity contribution in [2.24, 2.45) is 0 Å². The van der Waals surface area contributed by atoms with Gasteiger partial charge in [0.05, 0.1) is 0 Å². The quantitative estimate of drug-likeness (QED) is 0.363. The number of carbonyl (C=O) groups excluding carboxylic acids is 2. The van der Waals surface area contributed by atoms with Crippen LogP contribution in [0.4, 0.5) is 0 Å². The molecule has 0 aromatic heterocycles. The summed E-state index contributed by atoms with van der Waals surface area (Å²) >= 11 is 0. The lowest BCUT2D eigenvalue weighted by Crippen LogP contribution is -2.07. The molecule has 1 heterocycles. The van der Waals surface area contributed by atoms with Crippen molar-refractivity contribution in [2.75, 3.05) is 6.61 Å². The van der Waals surface area contributed by atoms with Crippen molar-refractivity contribution in [3.05, 3.63) is 46.7 Å². The molecule has 0 spiro atoms. The number of cyclic esters (lactones) is 1. The summed E-state index contributed by atoms with van der Waals surface area (Å²) in [6.45, 7) is 1.66. The molecule has 1 aromatic rings. The number of esters is 1. The van der Waals surface area contributed by atoms with Gasteiger partial charge in [-0.15, -0.1) is 0 Å². The van der Waals surface area contributed by atoms with Gasteiger partial charge < -0.3 is 9.84 Å². The summed E-state index contributed by atoms with van der Waals surface area (Å²) in [6.07, 6.45) is 0.165. The Kier molecular flexibility index (Phi) is 2.95. The first-order chi connectivity index (χ1) is 8.08. The van der Waals surface area contributed by atoms with E-state index in [0.29, 0.717) is 0 Å². The van der Waals surface area contributed by atoms with Crippen molar-refractivity contribution in [3.63, 3.8) is 0 Å². The molecule has 0 radical (unpaired) electrons. The van der Waals surface area contributed by atoms with Crippen LogP contribution in [-0.2, 0) is 20.7 Å². The minimum Gasteiger partial charge on any atom is -0.511 e. The van der Waals surface area contributed by atoms with Gasteiger partial charge in [0.1, 0.15) is 11.3 Å². The van der Waals surface area contributed by atoms with Crippen molar-refractivity contribution in [2.45, 2.75) is 13.3 Å². The number of allylic oxidation sites excluding steroid dienone is 1. The molecule has 1 aliphatic rings. The number of carbonyl (C=O) groups is 2. The normalized spacial score (nSPS) is 18.2. The molecule has 4 heteroatoms. The van der Waals surface area contributed by atoms with Crippen molar-refractivity contribution < 1.29 is 19.4 Å². The molecule has 17 heavy (non-hydrogen) atoms. The fourth-order valence-electron chi connectivity index (χ4n) is 1.77. The molecule has 0 bridgehead atoms. The number of aryl methyl sites for hydroxylation is 1. The topological polar surface area (TPSA) is 63.6 Å². The number of benzene rings is 1. The summed E-state index contributed by atoms with van der Waals surface area (Å²) in [5.74, 6) is -1.41. The molecule has 0 amide bonds. The average Bonchev–Trinajstić information content (AvgIpc) is 2.58. The van der Waals surface area contributed by atoms with Gasteiger partial charge in [-0.05, 0) is 12.5 Å². The third-order valence-electron chi connectivity index (χ3n) is 2.56. The van der Waals surface area contributed by atoms with E-state index in [0.717, 1.165) is 11.1 Å². The highest BCUT2D eigenvalue weighted by Crippen LogP contribution is 2.17. The van der Waals surface area contributed by atoms with Crippen LogP contribution in [-0.4, -0.2) is 23.5 Å². The molecule has 1 fully saturated rings. The number of aliphatic hydroxyl groups excluding tert-OH is 1. The fraction of sp³-hybridized carbons (Fsp3) is 0.231.